The standard InChI is InChI=1S/C20H25BrN2O4/c1-19(2,3)27-18(26)23-12-20(8-9-20)10-15(23)17(25)22-11-16(24)13-4-6-14(21)7-5-13/h4-7,15H,8-12H2,1-3H3,(H,22,25)/t15-/m0/s1. The van der Waals surface area contributed by atoms with Crippen molar-refractivity contribution in [1.29, 1.82) is 0 Å². The van der Waals surface area contributed by atoms with Gasteiger partial charge >= 0.3 is 6.09 Å². The molecule has 27 heavy (non-hydrogen) atoms. The molecule has 0 aromatic heterocycles. The number of ether oxygens (including phenoxy) is 1. The van der Waals surface area contributed by atoms with Gasteiger partial charge < -0.3 is 10.1 Å². The first-order valence-corrected chi connectivity index (χ1v) is 9.94. The molecule has 1 aromatic rings. The summed E-state index contributed by atoms with van der Waals surface area (Å²) < 4.78 is 6.35. The number of hydrogen-bond donors (Lipinski definition) is 1. The fraction of sp³-hybridized carbons (Fsp3) is 0.550. The van der Waals surface area contributed by atoms with Gasteiger partial charge in [-0.05, 0) is 57.6 Å². The van der Waals surface area contributed by atoms with Gasteiger partial charge in [0.2, 0.25) is 5.91 Å². The number of Topliss-reactive ketones (excluding diaryl/α,β-unsaturated/α-hetero) is 1. The van der Waals surface area contributed by atoms with E-state index in [0.717, 1.165) is 17.3 Å². The van der Waals surface area contributed by atoms with E-state index in [0.29, 0.717) is 18.5 Å². The monoisotopic (exact) mass is 436 g/mol. The van der Waals surface area contributed by atoms with Crippen molar-refractivity contribution in [3.05, 3.63) is 34.3 Å². The maximum Gasteiger partial charge on any atom is 0.410 e. The molecule has 7 heteroatoms. The van der Waals surface area contributed by atoms with Gasteiger partial charge in [0.15, 0.2) is 5.78 Å². The highest BCUT2D eigenvalue weighted by Crippen LogP contribution is 2.55. The zero-order valence-electron chi connectivity index (χ0n) is 15.9. The van der Waals surface area contributed by atoms with Crippen LogP contribution in [0.2, 0.25) is 0 Å². The number of nitrogens with one attached hydrogen (secondary N) is 1. The molecule has 0 radical (unpaired) electrons. The van der Waals surface area contributed by atoms with Crippen molar-refractivity contribution in [3.63, 3.8) is 0 Å². The van der Waals surface area contributed by atoms with Crippen LogP contribution in [-0.2, 0) is 9.53 Å². The Hall–Kier alpha value is -1.89. The first kappa shape index (κ1) is 19.9. The second-order valence-corrected chi connectivity index (χ2v) is 9.39. The number of carbonyl (C=O) groups excluding carboxylic acids is 3. The van der Waals surface area contributed by atoms with Crippen molar-refractivity contribution in [3.8, 4) is 0 Å². The Morgan fingerprint density at radius 3 is 2.41 bits per heavy atom. The summed E-state index contributed by atoms with van der Waals surface area (Å²) in [4.78, 5) is 39.1. The number of hydrogen-bond acceptors (Lipinski definition) is 4. The van der Waals surface area contributed by atoms with Crippen LogP contribution in [0.5, 0.6) is 0 Å². The van der Waals surface area contributed by atoms with Crippen molar-refractivity contribution < 1.29 is 19.1 Å². The molecule has 1 saturated carbocycles. The lowest BCUT2D eigenvalue weighted by Gasteiger charge is -2.28. The largest absolute Gasteiger partial charge is 0.444 e. The average molecular weight is 437 g/mol. The predicted octanol–water partition coefficient (Wildman–Crippen LogP) is 3.54. The van der Waals surface area contributed by atoms with Gasteiger partial charge in [0.25, 0.3) is 0 Å². The summed E-state index contributed by atoms with van der Waals surface area (Å²) in [6.07, 6.45) is 2.21. The number of rotatable bonds is 4. The number of benzene rings is 1. The molecule has 3 rings (SSSR count). The highest BCUT2D eigenvalue weighted by atomic mass is 79.9. The zero-order valence-corrected chi connectivity index (χ0v) is 17.5. The molecule has 1 saturated heterocycles. The van der Waals surface area contributed by atoms with E-state index in [2.05, 4.69) is 21.2 Å². The van der Waals surface area contributed by atoms with Gasteiger partial charge in [-0.3, -0.25) is 14.5 Å². The van der Waals surface area contributed by atoms with E-state index in [1.165, 1.54) is 4.90 Å². The number of carbonyl (C=O) groups is 3. The summed E-state index contributed by atoms with van der Waals surface area (Å²) in [6, 6.07) is 6.40. The Morgan fingerprint density at radius 1 is 1.22 bits per heavy atom. The molecular formula is C20H25BrN2O4. The van der Waals surface area contributed by atoms with Gasteiger partial charge in [-0.25, -0.2) is 4.79 Å². The van der Waals surface area contributed by atoms with Gasteiger partial charge in [0.1, 0.15) is 11.6 Å². The molecule has 1 heterocycles. The second kappa shape index (κ2) is 7.26. The fourth-order valence-electron chi connectivity index (χ4n) is 3.37. The van der Waals surface area contributed by atoms with Gasteiger partial charge in [0.05, 0.1) is 6.54 Å². The highest BCUT2D eigenvalue weighted by molar-refractivity contribution is 9.10. The zero-order chi connectivity index (χ0) is 19.8. The molecule has 0 unspecified atom stereocenters. The molecule has 2 amide bonds. The van der Waals surface area contributed by atoms with Crippen LogP contribution in [0.15, 0.2) is 28.7 Å². The Morgan fingerprint density at radius 2 is 1.85 bits per heavy atom. The summed E-state index contributed by atoms with van der Waals surface area (Å²) in [5.74, 6) is -0.464. The van der Waals surface area contributed by atoms with E-state index in [1.54, 1.807) is 45.0 Å². The van der Waals surface area contributed by atoms with E-state index < -0.39 is 17.7 Å². The molecule has 2 aliphatic rings. The van der Waals surface area contributed by atoms with Gasteiger partial charge in [-0.15, -0.1) is 0 Å². The van der Waals surface area contributed by atoms with E-state index in [-0.39, 0.29) is 23.7 Å². The van der Waals surface area contributed by atoms with Crippen molar-refractivity contribution >= 4 is 33.7 Å². The fourth-order valence-corrected chi connectivity index (χ4v) is 3.63. The van der Waals surface area contributed by atoms with Crippen LogP contribution in [0.4, 0.5) is 4.79 Å². The van der Waals surface area contributed by atoms with E-state index in [1.807, 2.05) is 0 Å². The number of ketones is 1. The smallest absolute Gasteiger partial charge is 0.410 e. The van der Waals surface area contributed by atoms with Crippen LogP contribution in [0.1, 0.15) is 50.4 Å². The summed E-state index contributed by atoms with van der Waals surface area (Å²) in [5, 5.41) is 2.70. The number of amides is 2. The predicted molar refractivity (Wildman–Crippen MR) is 104 cm³/mol. The molecule has 1 atom stereocenters. The van der Waals surface area contributed by atoms with Gasteiger partial charge in [-0.2, -0.15) is 0 Å². The van der Waals surface area contributed by atoms with Crippen molar-refractivity contribution in [1.82, 2.24) is 10.2 Å². The molecular weight excluding hydrogens is 412 g/mol. The molecule has 1 aromatic carbocycles. The number of halogens is 1. The van der Waals surface area contributed by atoms with Crippen LogP contribution in [0, 0.1) is 5.41 Å². The SMILES string of the molecule is CC(C)(C)OC(=O)N1CC2(CC2)C[C@H]1C(=O)NCC(=O)c1ccc(Br)cc1. The van der Waals surface area contributed by atoms with E-state index in [9.17, 15) is 14.4 Å². The summed E-state index contributed by atoms with van der Waals surface area (Å²) in [5.41, 5.74) is -0.0311. The molecule has 6 nitrogen and oxygen atoms in total. The second-order valence-electron chi connectivity index (χ2n) is 8.48. The third-order valence-electron chi connectivity index (χ3n) is 4.99. The minimum Gasteiger partial charge on any atom is -0.444 e. The maximum atomic E-state index is 12.7. The average Bonchev–Trinajstić information content (AvgIpc) is 3.21. The molecule has 1 aliphatic carbocycles. The van der Waals surface area contributed by atoms with Crippen molar-refractivity contribution in [2.45, 2.75) is 51.7 Å². The summed E-state index contributed by atoms with van der Waals surface area (Å²) >= 11 is 3.33. The Labute approximate surface area is 167 Å². The van der Waals surface area contributed by atoms with Crippen molar-refractivity contribution in [2.75, 3.05) is 13.1 Å². The Bertz CT molecular complexity index is 750. The molecule has 2 fully saturated rings. The first-order valence-electron chi connectivity index (χ1n) is 9.15. The van der Waals surface area contributed by atoms with Gasteiger partial charge in [0, 0.05) is 16.6 Å². The Balaban J connectivity index is 1.62. The molecule has 146 valence electrons. The van der Waals surface area contributed by atoms with Crippen molar-refractivity contribution in [2.24, 2.45) is 5.41 Å². The number of likely N-dealkylation sites (tertiary alicyclic amines) is 1. The molecule has 1 N–H and O–H groups in total. The minimum atomic E-state index is -0.616. The maximum absolute atomic E-state index is 12.7. The van der Waals surface area contributed by atoms with E-state index >= 15 is 0 Å². The Kier molecular flexibility index (Phi) is 5.34. The van der Waals surface area contributed by atoms with Crippen LogP contribution in [0.3, 0.4) is 0 Å². The third kappa shape index (κ3) is 4.89. The lowest BCUT2D eigenvalue weighted by Crippen LogP contribution is -2.48. The highest BCUT2D eigenvalue weighted by Gasteiger charge is 2.55. The van der Waals surface area contributed by atoms with Crippen LogP contribution in [0.25, 0.3) is 0 Å². The molecule has 0 bridgehead atoms. The van der Waals surface area contributed by atoms with Crippen LogP contribution in [-0.4, -0.2) is 47.4 Å². The minimum absolute atomic E-state index is 0.0502. The normalized spacial score (nSPS) is 20.4. The topological polar surface area (TPSA) is 75.7 Å². The van der Waals surface area contributed by atoms with E-state index in [4.69, 9.17) is 4.74 Å². The van der Waals surface area contributed by atoms with Crippen LogP contribution >= 0.6 is 15.9 Å². The number of nitrogens with zero attached hydrogens (tertiary/aromatic N) is 1. The van der Waals surface area contributed by atoms with Gasteiger partial charge in [-0.1, -0.05) is 28.1 Å². The third-order valence-corrected chi connectivity index (χ3v) is 5.51. The first-order chi connectivity index (χ1) is 12.6. The lowest BCUT2D eigenvalue weighted by molar-refractivity contribution is -0.125. The quantitative estimate of drug-likeness (QED) is 0.732. The lowest BCUT2D eigenvalue weighted by atomic mass is 10.0. The molecule has 1 spiro atoms. The summed E-state index contributed by atoms with van der Waals surface area (Å²) in [7, 11) is 0. The summed E-state index contributed by atoms with van der Waals surface area (Å²) in [6.45, 7) is 5.87. The molecule has 1 aliphatic heterocycles. The van der Waals surface area contributed by atoms with Crippen LogP contribution < -0.4 is 5.32 Å².